The van der Waals surface area contributed by atoms with E-state index in [0.717, 1.165) is 22.6 Å². The highest BCUT2D eigenvalue weighted by atomic mass is 16.5. The lowest BCUT2D eigenvalue weighted by Crippen LogP contribution is -2.50. The minimum absolute atomic E-state index is 0.0283. The van der Waals surface area contributed by atoms with Gasteiger partial charge in [0.15, 0.2) is 0 Å². The zero-order valence-corrected chi connectivity index (χ0v) is 17.3. The van der Waals surface area contributed by atoms with Crippen molar-refractivity contribution >= 4 is 11.8 Å². The molecule has 0 saturated carbocycles. The van der Waals surface area contributed by atoms with Gasteiger partial charge in [0.1, 0.15) is 11.5 Å². The molecule has 3 rings (SSSR count). The fourth-order valence-electron chi connectivity index (χ4n) is 3.46. The Bertz CT molecular complexity index is 833. The third kappa shape index (κ3) is 5.28. The molecule has 0 unspecified atom stereocenters. The second-order valence-corrected chi connectivity index (χ2v) is 7.26. The standard InChI is InChI=1S/C23H28N2O4/c1-17-4-7-19(8-5-17)23(27)25-12-10-24(11-13-25)22(26)9-6-18-14-20(28-2)16-21(15-18)29-3/h4-5,7-8,14-16H,6,9-13H2,1-3H3. The summed E-state index contributed by atoms with van der Waals surface area (Å²) in [4.78, 5) is 28.9. The van der Waals surface area contributed by atoms with Gasteiger partial charge in [-0.05, 0) is 43.2 Å². The number of methoxy groups -OCH3 is 2. The Hall–Kier alpha value is -3.02. The van der Waals surface area contributed by atoms with Crippen LogP contribution in [0.25, 0.3) is 0 Å². The van der Waals surface area contributed by atoms with Crippen molar-refractivity contribution in [3.63, 3.8) is 0 Å². The lowest BCUT2D eigenvalue weighted by Gasteiger charge is -2.35. The summed E-state index contributed by atoms with van der Waals surface area (Å²) in [6, 6.07) is 13.3. The molecule has 1 heterocycles. The van der Waals surface area contributed by atoms with Crippen molar-refractivity contribution < 1.29 is 19.1 Å². The number of carbonyl (C=O) groups excluding carboxylic acids is 2. The lowest BCUT2D eigenvalue weighted by atomic mass is 10.1. The molecule has 0 spiro atoms. The van der Waals surface area contributed by atoms with Crippen molar-refractivity contribution in [2.75, 3.05) is 40.4 Å². The second kappa shape index (κ2) is 9.45. The number of rotatable bonds is 6. The van der Waals surface area contributed by atoms with Gasteiger partial charge < -0.3 is 19.3 Å². The molecule has 2 aromatic rings. The maximum atomic E-state index is 12.6. The highest BCUT2D eigenvalue weighted by Crippen LogP contribution is 2.23. The Morgan fingerprint density at radius 3 is 1.97 bits per heavy atom. The number of amides is 2. The summed E-state index contributed by atoms with van der Waals surface area (Å²) in [5, 5.41) is 0. The monoisotopic (exact) mass is 396 g/mol. The molecule has 2 aromatic carbocycles. The van der Waals surface area contributed by atoms with Crippen LogP contribution in [0.3, 0.4) is 0 Å². The lowest BCUT2D eigenvalue weighted by molar-refractivity contribution is -0.132. The van der Waals surface area contributed by atoms with Crippen LogP contribution >= 0.6 is 0 Å². The van der Waals surface area contributed by atoms with Gasteiger partial charge in [0.2, 0.25) is 5.91 Å². The van der Waals surface area contributed by atoms with Gasteiger partial charge >= 0.3 is 0 Å². The van der Waals surface area contributed by atoms with Crippen molar-refractivity contribution in [3.05, 3.63) is 59.2 Å². The van der Waals surface area contributed by atoms with Crippen LogP contribution in [0.15, 0.2) is 42.5 Å². The maximum absolute atomic E-state index is 12.6. The molecule has 6 heteroatoms. The Morgan fingerprint density at radius 2 is 1.41 bits per heavy atom. The topological polar surface area (TPSA) is 59.1 Å². The van der Waals surface area contributed by atoms with E-state index < -0.39 is 0 Å². The van der Waals surface area contributed by atoms with Crippen molar-refractivity contribution in [2.45, 2.75) is 19.8 Å². The SMILES string of the molecule is COc1cc(CCC(=O)N2CCN(C(=O)c3ccc(C)cc3)CC2)cc(OC)c1. The molecule has 1 aliphatic rings. The number of hydrogen-bond acceptors (Lipinski definition) is 4. The summed E-state index contributed by atoms with van der Waals surface area (Å²) in [5.74, 6) is 1.57. The van der Waals surface area contributed by atoms with Crippen LogP contribution < -0.4 is 9.47 Å². The number of ether oxygens (including phenoxy) is 2. The van der Waals surface area contributed by atoms with E-state index >= 15 is 0 Å². The summed E-state index contributed by atoms with van der Waals surface area (Å²) in [6.07, 6.45) is 1.04. The van der Waals surface area contributed by atoms with E-state index in [0.29, 0.717) is 44.6 Å². The molecular weight excluding hydrogens is 368 g/mol. The van der Waals surface area contributed by atoms with Gasteiger partial charge in [0.05, 0.1) is 14.2 Å². The van der Waals surface area contributed by atoms with E-state index in [1.54, 1.807) is 14.2 Å². The summed E-state index contributed by atoms with van der Waals surface area (Å²) in [5.41, 5.74) is 2.83. The molecule has 1 aliphatic heterocycles. The predicted molar refractivity (Wildman–Crippen MR) is 112 cm³/mol. The zero-order chi connectivity index (χ0) is 20.8. The fraction of sp³-hybridized carbons (Fsp3) is 0.391. The molecule has 0 atom stereocenters. The average Bonchev–Trinajstić information content (AvgIpc) is 2.77. The van der Waals surface area contributed by atoms with Crippen LogP contribution in [0, 0.1) is 6.92 Å². The maximum Gasteiger partial charge on any atom is 0.253 e. The number of nitrogens with zero attached hydrogens (tertiary/aromatic N) is 2. The molecule has 2 amide bonds. The van der Waals surface area contributed by atoms with E-state index in [9.17, 15) is 9.59 Å². The first-order valence-electron chi connectivity index (χ1n) is 9.86. The second-order valence-electron chi connectivity index (χ2n) is 7.26. The van der Waals surface area contributed by atoms with Crippen LogP contribution in [0.2, 0.25) is 0 Å². The van der Waals surface area contributed by atoms with Gasteiger partial charge in [-0.15, -0.1) is 0 Å². The first kappa shape index (κ1) is 20.7. The first-order chi connectivity index (χ1) is 14.0. The predicted octanol–water partition coefficient (Wildman–Crippen LogP) is 2.93. The third-order valence-electron chi connectivity index (χ3n) is 5.26. The summed E-state index contributed by atoms with van der Waals surface area (Å²) in [7, 11) is 3.22. The highest BCUT2D eigenvalue weighted by molar-refractivity contribution is 5.94. The zero-order valence-electron chi connectivity index (χ0n) is 17.3. The smallest absolute Gasteiger partial charge is 0.253 e. The molecule has 0 radical (unpaired) electrons. The highest BCUT2D eigenvalue weighted by Gasteiger charge is 2.24. The number of benzene rings is 2. The minimum Gasteiger partial charge on any atom is -0.497 e. The van der Waals surface area contributed by atoms with Crippen molar-refractivity contribution in [2.24, 2.45) is 0 Å². The quantitative estimate of drug-likeness (QED) is 0.753. The van der Waals surface area contributed by atoms with Crippen LogP contribution in [-0.4, -0.2) is 62.0 Å². The number of piperazine rings is 1. The van der Waals surface area contributed by atoms with Crippen LogP contribution in [0.5, 0.6) is 11.5 Å². The Labute approximate surface area is 172 Å². The van der Waals surface area contributed by atoms with Gasteiger partial charge in [-0.1, -0.05) is 17.7 Å². The normalized spacial score (nSPS) is 13.9. The molecule has 29 heavy (non-hydrogen) atoms. The summed E-state index contributed by atoms with van der Waals surface area (Å²) >= 11 is 0. The number of carbonyl (C=O) groups is 2. The molecule has 0 aliphatic carbocycles. The summed E-state index contributed by atoms with van der Waals surface area (Å²) in [6.45, 7) is 4.26. The van der Waals surface area contributed by atoms with Crippen molar-refractivity contribution in [1.82, 2.24) is 9.80 Å². The largest absolute Gasteiger partial charge is 0.497 e. The van der Waals surface area contributed by atoms with E-state index in [1.165, 1.54) is 0 Å². The Balaban J connectivity index is 1.51. The van der Waals surface area contributed by atoms with Gasteiger partial charge in [-0.2, -0.15) is 0 Å². The Kier molecular flexibility index (Phi) is 6.75. The first-order valence-corrected chi connectivity index (χ1v) is 9.86. The van der Waals surface area contributed by atoms with Crippen molar-refractivity contribution in [1.29, 1.82) is 0 Å². The molecule has 1 saturated heterocycles. The van der Waals surface area contributed by atoms with Crippen LogP contribution in [0.1, 0.15) is 27.9 Å². The van der Waals surface area contributed by atoms with Crippen LogP contribution in [0.4, 0.5) is 0 Å². The minimum atomic E-state index is 0.0283. The van der Waals surface area contributed by atoms with Gasteiger partial charge in [0, 0.05) is 44.2 Å². The number of aryl methyl sites for hydroxylation is 2. The van der Waals surface area contributed by atoms with Gasteiger partial charge in [-0.25, -0.2) is 0 Å². The molecule has 0 N–H and O–H groups in total. The average molecular weight is 396 g/mol. The van der Waals surface area contributed by atoms with Crippen LogP contribution in [-0.2, 0) is 11.2 Å². The van der Waals surface area contributed by atoms with E-state index in [1.807, 2.05) is 59.2 Å². The van der Waals surface area contributed by atoms with Gasteiger partial charge in [0.25, 0.3) is 5.91 Å². The van der Waals surface area contributed by atoms with E-state index in [4.69, 9.17) is 9.47 Å². The van der Waals surface area contributed by atoms with Crippen molar-refractivity contribution in [3.8, 4) is 11.5 Å². The molecule has 0 bridgehead atoms. The van der Waals surface area contributed by atoms with E-state index in [-0.39, 0.29) is 11.8 Å². The molecule has 154 valence electrons. The van der Waals surface area contributed by atoms with E-state index in [2.05, 4.69) is 0 Å². The fourth-order valence-corrected chi connectivity index (χ4v) is 3.46. The molecular formula is C23H28N2O4. The number of hydrogen-bond donors (Lipinski definition) is 0. The summed E-state index contributed by atoms with van der Waals surface area (Å²) < 4.78 is 10.6. The Morgan fingerprint density at radius 1 is 0.862 bits per heavy atom. The molecule has 6 nitrogen and oxygen atoms in total. The molecule has 1 fully saturated rings. The third-order valence-corrected chi connectivity index (χ3v) is 5.26. The molecule has 0 aromatic heterocycles. The van der Waals surface area contributed by atoms with Gasteiger partial charge in [-0.3, -0.25) is 9.59 Å².